The van der Waals surface area contributed by atoms with Crippen molar-refractivity contribution >= 4 is 5.78 Å². The highest BCUT2D eigenvalue weighted by Gasteiger charge is 2.25. The van der Waals surface area contributed by atoms with E-state index in [0.29, 0.717) is 30.9 Å². The Bertz CT molecular complexity index is 753. The summed E-state index contributed by atoms with van der Waals surface area (Å²) in [5.74, 6) is 1.56. The van der Waals surface area contributed by atoms with Crippen molar-refractivity contribution in [1.29, 1.82) is 0 Å². The lowest BCUT2D eigenvalue weighted by Gasteiger charge is -2.34. The lowest BCUT2D eigenvalue weighted by atomic mass is 9.94. The first-order valence-electron chi connectivity index (χ1n) is 9.53. The molecule has 136 valence electrons. The van der Waals surface area contributed by atoms with Gasteiger partial charge in [-0.2, -0.15) is 0 Å². The minimum atomic E-state index is 0.136. The van der Waals surface area contributed by atoms with Gasteiger partial charge in [0.05, 0.1) is 0 Å². The van der Waals surface area contributed by atoms with Gasteiger partial charge in [0.1, 0.15) is 13.2 Å². The average molecular weight is 351 g/mol. The second-order valence-electron chi connectivity index (χ2n) is 7.01. The van der Waals surface area contributed by atoms with Crippen molar-refractivity contribution in [1.82, 2.24) is 4.90 Å². The molecule has 1 fully saturated rings. The molecule has 0 aliphatic carbocycles. The number of Topliss-reactive ketones (excluding diaryl/α,β-unsaturated/α-hetero) is 1. The van der Waals surface area contributed by atoms with Gasteiger partial charge in [-0.1, -0.05) is 36.8 Å². The SMILES string of the molecule is O=C(CC(c1ccccc1)N1CCCCC1)c1ccc2c(c1)OCCO2. The number of piperidine rings is 1. The minimum absolute atomic E-state index is 0.136. The number of hydrogen-bond donors (Lipinski definition) is 0. The Morgan fingerprint density at radius 3 is 2.42 bits per heavy atom. The van der Waals surface area contributed by atoms with Crippen molar-refractivity contribution < 1.29 is 14.3 Å². The van der Waals surface area contributed by atoms with E-state index in [-0.39, 0.29) is 11.8 Å². The van der Waals surface area contributed by atoms with Gasteiger partial charge in [-0.05, 0) is 49.7 Å². The molecule has 4 heteroatoms. The molecule has 0 spiro atoms. The van der Waals surface area contributed by atoms with Crippen LogP contribution in [0.25, 0.3) is 0 Å². The van der Waals surface area contributed by atoms with Crippen LogP contribution in [0.2, 0.25) is 0 Å². The number of carbonyl (C=O) groups is 1. The van der Waals surface area contributed by atoms with Gasteiger partial charge < -0.3 is 9.47 Å². The molecule has 2 aliphatic heterocycles. The predicted molar refractivity (Wildman–Crippen MR) is 101 cm³/mol. The Morgan fingerprint density at radius 2 is 1.65 bits per heavy atom. The molecule has 0 saturated carbocycles. The van der Waals surface area contributed by atoms with Crippen molar-refractivity contribution in [2.24, 2.45) is 0 Å². The van der Waals surface area contributed by atoms with Gasteiger partial charge in [-0.25, -0.2) is 0 Å². The average Bonchev–Trinajstić information content (AvgIpc) is 2.72. The standard InChI is InChI=1S/C22H25NO3/c24-20(18-9-10-21-22(15-18)26-14-13-25-21)16-19(17-7-3-1-4-8-17)23-11-5-2-6-12-23/h1,3-4,7-10,15,19H,2,5-6,11-14,16H2. The molecule has 2 heterocycles. The molecule has 0 aromatic heterocycles. The molecular formula is C22H25NO3. The third kappa shape index (κ3) is 3.75. The number of ketones is 1. The Morgan fingerprint density at radius 1 is 0.923 bits per heavy atom. The Kier molecular flexibility index (Phi) is 5.21. The number of ether oxygens (including phenoxy) is 2. The van der Waals surface area contributed by atoms with Crippen molar-refractivity contribution in [3.8, 4) is 11.5 Å². The van der Waals surface area contributed by atoms with Crippen molar-refractivity contribution in [3.63, 3.8) is 0 Å². The number of hydrogen-bond acceptors (Lipinski definition) is 4. The molecule has 0 radical (unpaired) electrons. The van der Waals surface area contributed by atoms with E-state index >= 15 is 0 Å². The van der Waals surface area contributed by atoms with Gasteiger partial charge in [-0.3, -0.25) is 9.69 Å². The van der Waals surface area contributed by atoms with Crippen LogP contribution in [0.4, 0.5) is 0 Å². The van der Waals surface area contributed by atoms with E-state index in [0.717, 1.165) is 18.8 Å². The van der Waals surface area contributed by atoms with Crippen LogP contribution in [0.3, 0.4) is 0 Å². The molecule has 1 atom stereocenters. The van der Waals surface area contributed by atoms with Crippen LogP contribution in [0.5, 0.6) is 11.5 Å². The van der Waals surface area contributed by atoms with Gasteiger partial charge in [0.25, 0.3) is 0 Å². The van der Waals surface area contributed by atoms with Crippen LogP contribution in [-0.2, 0) is 0 Å². The normalized spacial score (nSPS) is 18.3. The zero-order valence-corrected chi connectivity index (χ0v) is 15.0. The van der Waals surface area contributed by atoms with Gasteiger partial charge in [0, 0.05) is 18.0 Å². The number of likely N-dealkylation sites (tertiary alicyclic amines) is 1. The summed E-state index contributed by atoms with van der Waals surface area (Å²) < 4.78 is 11.2. The van der Waals surface area contributed by atoms with Crippen LogP contribution in [-0.4, -0.2) is 37.0 Å². The van der Waals surface area contributed by atoms with Crippen LogP contribution >= 0.6 is 0 Å². The topological polar surface area (TPSA) is 38.8 Å². The molecule has 4 nitrogen and oxygen atoms in total. The van der Waals surface area contributed by atoms with Crippen molar-refractivity contribution in [3.05, 3.63) is 59.7 Å². The summed E-state index contributed by atoms with van der Waals surface area (Å²) in [6.45, 7) is 3.22. The first kappa shape index (κ1) is 17.1. The molecule has 0 bridgehead atoms. The van der Waals surface area contributed by atoms with Crippen LogP contribution in [0.15, 0.2) is 48.5 Å². The third-order valence-electron chi connectivity index (χ3n) is 5.26. The highest BCUT2D eigenvalue weighted by atomic mass is 16.6. The molecule has 26 heavy (non-hydrogen) atoms. The summed E-state index contributed by atoms with van der Waals surface area (Å²) >= 11 is 0. The van der Waals surface area contributed by atoms with E-state index in [1.165, 1.54) is 24.8 Å². The minimum Gasteiger partial charge on any atom is -0.486 e. The van der Waals surface area contributed by atoms with E-state index in [9.17, 15) is 4.79 Å². The molecule has 1 unspecified atom stereocenters. The number of fused-ring (bicyclic) bond motifs is 1. The molecule has 4 rings (SSSR count). The van der Waals surface area contributed by atoms with Crippen molar-refractivity contribution in [2.75, 3.05) is 26.3 Å². The summed E-state index contributed by atoms with van der Waals surface area (Å²) in [5, 5.41) is 0. The summed E-state index contributed by atoms with van der Waals surface area (Å²) in [4.78, 5) is 15.5. The van der Waals surface area contributed by atoms with E-state index in [2.05, 4.69) is 29.2 Å². The predicted octanol–water partition coefficient (Wildman–Crippen LogP) is 4.26. The molecule has 2 aromatic carbocycles. The molecule has 0 amide bonds. The summed E-state index contributed by atoms with van der Waals surface area (Å²) in [5.41, 5.74) is 1.92. The van der Waals surface area contributed by atoms with E-state index in [1.54, 1.807) is 0 Å². The number of nitrogens with zero attached hydrogens (tertiary/aromatic N) is 1. The van der Waals surface area contributed by atoms with Gasteiger partial charge in [0.15, 0.2) is 17.3 Å². The number of rotatable bonds is 5. The fraction of sp³-hybridized carbons (Fsp3) is 0.409. The van der Waals surface area contributed by atoms with Crippen LogP contribution < -0.4 is 9.47 Å². The maximum atomic E-state index is 13.0. The van der Waals surface area contributed by atoms with Gasteiger partial charge >= 0.3 is 0 Å². The highest BCUT2D eigenvalue weighted by molar-refractivity contribution is 5.97. The molecular weight excluding hydrogens is 326 g/mol. The molecule has 1 saturated heterocycles. The van der Waals surface area contributed by atoms with E-state index < -0.39 is 0 Å². The maximum Gasteiger partial charge on any atom is 0.164 e. The van der Waals surface area contributed by atoms with Gasteiger partial charge in [-0.15, -0.1) is 0 Å². The number of benzene rings is 2. The first-order chi connectivity index (χ1) is 12.8. The highest BCUT2D eigenvalue weighted by Crippen LogP contribution is 2.33. The van der Waals surface area contributed by atoms with Crippen LogP contribution in [0.1, 0.15) is 47.6 Å². The van der Waals surface area contributed by atoms with Gasteiger partial charge in [0.2, 0.25) is 0 Å². The smallest absolute Gasteiger partial charge is 0.164 e. The zero-order valence-electron chi connectivity index (χ0n) is 15.0. The molecule has 2 aromatic rings. The van der Waals surface area contributed by atoms with Crippen LogP contribution in [0, 0.1) is 0 Å². The van der Waals surface area contributed by atoms with E-state index in [4.69, 9.17) is 9.47 Å². The molecule has 0 N–H and O–H groups in total. The maximum absolute atomic E-state index is 13.0. The zero-order chi connectivity index (χ0) is 17.8. The molecule has 2 aliphatic rings. The second kappa shape index (κ2) is 7.92. The fourth-order valence-electron chi connectivity index (χ4n) is 3.87. The summed E-state index contributed by atoms with van der Waals surface area (Å²) in [7, 11) is 0. The second-order valence-corrected chi connectivity index (χ2v) is 7.01. The largest absolute Gasteiger partial charge is 0.486 e. The Hall–Kier alpha value is -2.33. The fourth-order valence-corrected chi connectivity index (χ4v) is 3.87. The Labute approximate surface area is 154 Å². The summed E-state index contributed by atoms with van der Waals surface area (Å²) in [6, 6.07) is 16.1. The lowest BCUT2D eigenvalue weighted by molar-refractivity contribution is 0.0894. The van der Waals surface area contributed by atoms with Crippen molar-refractivity contribution in [2.45, 2.75) is 31.7 Å². The third-order valence-corrected chi connectivity index (χ3v) is 5.26. The lowest BCUT2D eigenvalue weighted by Crippen LogP contribution is -2.35. The first-order valence-corrected chi connectivity index (χ1v) is 9.53. The number of carbonyl (C=O) groups excluding carboxylic acids is 1. The monoisotopic (exact) mass is 351 g/mol. The quantitative estimate of drug-likeness (QED) is 0.755. The van der Waals surface area contributed by atoms with E-state index in [1.807, 2.05) is 24.3 Å². The summed E-state index contributed by atoms with van der Waals surface area (Å²) in [6.07, 6.45) is 4.20. The Balaban J connectivity index is 1.56.